The molecular formula is C26H28ClN3O2. The van der Waals surface area contributed by atoms with Crippen LogP contribution < -0.4 is 10.1 Å². The van der Waals surface area contributed by atoms with E-state index in [1.54, 1.807) is 19.2 Å². The van der Waals surface area contributed by atoms with E-state index < -0.39 is 0 Å². The third kappa shape index (κ3) is 3.91. The molecule has 6 heteroatoms. The van der Waals surface area contributed by atoms with E-state index >= 15 is 0 Å². The van der Waals surface area contributed by atoms with Gasteiger partial charge in [-0.2, -0.15) is 0 Å². The lowest BCUT2D eigenvalue weighted by atomic mass is 9.82. The highest BCUT2D eigenvalue weighted by atomic mass is 35.5. The van der Waals surface area contributed by atoms with Crippen LogP contribution in [0.2, 0.25) is 5.02 Å². The summed E-state index contributed by atoms with van der Waals surface area (Å²) >= 11 is 5.92. The van der Waals surface area contributed by atoms with Crippen LogP contribution in [0.4, 0.5) is 5.69 Å². The number of methoxy groups -OCH3 is 1. The van der Waals surface area contributed by atoms with E-state index in [2.05, 4.69) is 45.2 Å². The van der Waals surface area contributed by atoms with Gasteiger partial charge in [0.15, 0.2) is 5.78 Å². The molecule has 3 aromatic rings. The summed E-state index contributed by atoms with van der Waals surface area (Å²) in [4.78, 5) is 14.9. The number of carbonyl (C=O) groups is 1. The number of hydrogen-bond donors (Lipinski definition) is 1. The monoisotopic (exact) mass is 449 g/mol. The Hall–Kier alpha value is -2.76. The first-order chi connectivity index (χ1) is 15.6. The van der Waals surface area contributed by atoms with Gasteiger partial charge in [0, 0.05) is 48.1 Å². The number of anilines is 1. The summed E-state index contributed by atoms with van der Waals surface area (Å²) in [7, 11) is 1.71. The second kappa shape index (κ2) is 8.64. The third-order valence-electron chi connectivity index (χ3n) is 6.83. The van der Waals surface area contributed by atoms with Gasteiger partial charge in [0.05, 0.1) is 24.0 Å². The van der Waals surface area contributed by atoms with Crippen LogP contribution in [0.25, 0.3) is 5.69 Å². The number of ether oxygens (including phenoxy) is 1. The number of rotatable bonds is 6. The van der Waals surface area contributed by atoms with E-state index in [0.29, 0.717) is 11.4 Å². The SMILES string of the molecule is COc1ccc2c(c1)NC1(CCN(CCCC(=O)c3ccc(Cl)cc3)CC1)c1cccn1-2. The molecule has 2 aliphatic heterocycles. The number of likely N-dealkylation sites (tertiary alicyclic amines) is 1. The maximum absolute atomic E-state index is 12.4. The minimum atomic E-state index is -0.0709. The lowest BCUT2D eigenvalue weighted by Gasteiger charge is -2.46. The van der Waals surface area contributed by atoms with Crippen LogP contribution in [0.15, 0.2) is 60.8 Å². The molecule has 3 heterocycles. The Bertz CT molecular complexity index is 1110. The molecule has 32 heavy (non-hydrogen) atoms. The number of ketones is 1. The molecule has 1 spiro atoms. The minimum absolute atomic E-state index is 0.0709. The zero-order chi connectivity index (χ0) is 22.1. The van der Waals surface area contributed by atoms with Crippen molar-refractivity contribution < 1.29 is 9.53 Å². The van der Waals surface area contributed by atoms with Crippen LogP contribution in [-0.4, -0.2) is 42.0 Å². The third-order valence-corrected chi connectivity index (χ3v) is 7.08. The Morgan fingerprint density at radius 2 is 1.91 bits per heavy atom. The van der Waals surface area contributed by atoms with Crippen molar-refractivity contribution in [3.05, 3.63) is 77.1 Å². The van der Waals surface area contributed by atoms with Gasteiger partial charge in [0.1, 0.15) is 5.75 Å². The van der Waals surface area contributed by atoms with Crippen molar-refractivity contribution in [2.24, 2.45) is 0 Å². The molecule has 2 aromatic carbocycles. The number of aromatic nitrogens is 1. The first-order valence-electron chi connectivity index (χ1n) is 11.2. The molecule has 0 saturated carbocycles. The fourth-order valence-electron chi connectivity index (χ4n) is 5.04. The summed E-state index contributed by atoms with van der Waals surface area (Å²) in [5, 5.41) is 4.52. The van der Waals surface area contributed by atoms with Crippen LogP contribution in [0.1, 0.15) is 41.7 Å². The van der Waals surface area contributed by atoms with Crippen LogP contribution in [-0.2, 0) is 5.54 Å². The summed E-state index contributed by atoms with van der Waals surface area (Å²) in [6.45, 7) is 2.96. The maximum atomic E-state index is 12.4. The van der Waals surface area contributed by atoms with Crippen molar-refractivity contribution in [2.45, 2.75) is 31.2 Å². The summed E-state index contributed by atoms with van der Waals surface area (Å²) in [5.41, 5.74) is 4.29. The van der Waals surface area contributed by atoms with Crippen molar-refractivity contribution in [3.63, 3.8) is 0 Å². The Balaban J connectivity index is 1.21. The molecule has 5 nitrogen and oxygen atoms in total. The molecule has 1 saturated heterocycles. The van der Waals surface area contributed by atoms with E-state index in [0.717, 1.165) is 55.9 Å². The Labute approximate surface area is 193 Å². The topological polar surface area (TPSA) is 46.5 Å². The quantitative estimate of drug-likeness (QED) is 0.503. The van der Waals surface area contributed by atoms with Crippen LogP contribution in [0.3, 0.4) is 0 Å². The van der Waals surface area contributed by atoms with Gasteiger partial charge in [-0.15, -0.1) is 0 Å². The van der Waals surface area contributed by atoms with Gasteiger partial charge in [-0.05, 0) is 74.3 Å². The number of halogens is 1. The highest BCUT2D eigenvalue weighted by Gasteiger charge is 2.41. The van der Waals surface area contributed by atoms with Crippen LogP contribution in [0.5, 0.6) is 5.75 Å². The Morgan fingerprint density at radius 3 is 2.66 bits per heavy atom. The van der Waals surface area contributed by atoms with Gasteiger partial charge in [-0.1, -0.05) is 11.6 Å². The molecule has 0 unspecified atom stereocenters. The standard InChI is InChI=1S/C26H28ClN3O2/c1-32-21-10-11-23-22(18-21)28-26(25-5-3-15-30(23)25)12-16-29(17-13-26)14-2-4-24(31)19-6-8-20(27)9-7-19/h3,5-11,15,18,28H,2,4,12-14,16-17H2,1H3. The molecule has 5 rings (SSSR count). The minimum Gasteiger partial charge on any atom is -0.497 e. The van der Waals surface area contributed by atoms with Gasteiger partial charge in [-0.25, -0.2) is 0 Å². The maximum Gasteiger partial charge on any atom is 0.162 e. The number of benzene rings is 2. The predicted octanol–water partition coefficient (Wildman–Crippen LogP) is 5.52. The fraction of sp³-hybridized carbons (Fsp3) is 0.346. The first-order valence-corrected chi connectivity index (χ1v) is 11.6. The van der Waals surface area contributed by atoms with E-state index in [4.69, 9.17) is 16.3 Å². The second-order valence-electron chi connectivity index (χ2n) is 8.73. The molecule has 0 aliphatic carbocycles. The molecule has 0 bridgehead atoms. The van der Waals surface area contributed by atoms with E-state index in [1.165, 1.54) is 11.4 Å². The number of Topliss-reactive ketones (excluding diaryl/α,β-unsaturated/α-hetero) is 1. The number of nitrogens with zero attached hydrogens (tertiary/aromatic N) is 2. The number of fused-ring (bicyclic) bond motifs is 4. The fourth-order valence-corrected chi connectivity index (χ4v) is 5.16. The summed E-state index contributed by atoms with van der Waals surface area (Å²) in [5.74, 6) is 1.05. The van der Waals surface area contributed by atoms with Gasteiger partial charge in [0.2, 0.25) is 0 Å². The number of carbonyl (C=O) groups excluding carboxylic acids is 1. The van der Waals surface area contributed by atoms with E-state index in [-0.39, 0.29) is 11.3 Å². The zero-order valence-electron chi connectivity index (χ0n) is 18.3. The largest absolute Gasteiger partial charge is 0.497 e. The zero-order valence-corrected chi connectivity index (χ0v) is 19.1. The number of nitrogens with one attached hydrogen (secondary N) is 1. The van der Waals surface area contributed by atoms with E-state index in [9.17, 15) is 4.79 Å². The Morgan fingerprint density at radius 1 is 1.12 bits per heavy atom. The normalized spacial score (nSPS) is 16.8. The predicted molar refractivity (Wildman–Crippen MR) is 128 cm³/mol. The van der Waals surface area contributed by atoms with Gasteiger partial charge >= 0.3 is 0 Å². The summed E-state index contributed by atoms with van der Waals surface area (Å²) < 4.78 is 7.76. The Kier molecular flexibility index (Phi) is 5.70. The van der Waals surface area contributed by atoms with Crippen molar-refractivity contribution in [2.75, 3.05) is 32.1 Å². The highest BCUT2D eigenvalue weighted by Crippen LogP contribution is 2.44. The molecule has 1 aromatic heterocycles. The highest BCUT2D eigenvalue weighted by molar-refractivity contribution is 6.30. The summed E-state index contributed by atoms with van der Waals surface area (Å²) in [6.07, 6.45) is 5.64. The molecule has 1 fully saturated rings. The van der Waals surface area contributed by atoms with E-state index in [1.807, 2.05) is 18.2 Å². The molecule has 0 amide bonds. The average Bonchev–Trinajstić information content (AvgIpc) is 3.32. The average molecular weight is 450 g/mol. The molecule has 0 radical (unpaired) electrons. The molecule has 2 aliphatic rings. The van der Waals surface area contributed by atoms with Crippen LogP contribution >= 0.6 is 11.6 Å². The summed E-state index contributed by atoms with van der Waals surface area (Å²) in [6, 6.07) is 17.8. The van der Waals surface area contributed by atoms with Gasteiger partial charge in [0.25, 0.3) is 0 Å². The van der Waals surface area contributed by atoms with Crippen molar-refractivity contribution in [3.8, 4) is 11.4 Å². The molecule has 1 N–H and O–H groups in total. The lowest BCUT2D eigenvalue weighted by Crippen LogP contribution is -2.49. The first kappa shape index (κ1) is 21.1. The smallest absolute Gasteiger partial charge is 0.162 e. The van der Waals surface area contributed by atoms with Gasteiger partial charge < -0.3 is 19.5 Å². The molecular weight excluding hydrogens is 422 g/mol. The van der Waals surface area contributed by atoms with Crippen molar-refractivity contribution in [1.82, 2.24) is 9.47 Å². The molecule has 166 valence electrons. The number of hydrogen-bond acceptors (Lipinski definition) is 4. The van der Waals surface area contributed by atoms with Gasteiger partial charge in [-0.3, -0.25) is 4.79 Å². The second-order valence-corrected chi connectivity index (χ2v) is 9.17. The van der Waals surface area contributed by atoms with Crippen molar-refractivity contribution in [1.29, 1.82) is 0 Å². The molecule has 0 atom stereocenters. The number of piperidine rings is 1. The van der Waals surface area contributed by atoms with Crippen molar-refractivity contribution >= 4 is 23.1 Å². The lowest BCUT2D eigenvalue weighted by molar-refractivity contribution is 0.0968. The van der Waals surface area contributed by atoms with Crippen LogP contribution in [0, 0.1) is 0 Å².